The maximum Gasteiger partial charge on any atom is 0.435 e. The van der Waals surface area contributed by atoms with Crippen molar-refractivity contribution in [1.29, 1.82) is 0 Å². The molecule has 1 aromatic heterocycles. The third-order valence-corrected chi connectivity index (χ3v) is 6.65. The number of alkyl halides is 3. The monoisotopic (exact) mass is 478 g/mol. The van der Waals surface area contributed by atoms with E-state index in [4.69, 9.17) is 32.5 Å². The first-order valence-electron chi connectivity index (χ1n) is 8.87. The predicted octanol–water partition coefficient (Wildman–Crippen LogP) is 5.32. The first kappa shape index (κ1) is 21.4. The number of hydrogen-bond acceptors (Lipinski definition) is 5. The van der Waals surface area contributed by atoms with Crippen molar-refractivity contribution in [2.75, 3.05) is 11.5 Å². The fourth-order valence-corrected chi connectivity index (χ4v) is 4.42. The molecule has 2 aliphatic heterocycles. The van der Waals surface area contributed by atoms with Crippen LogP contribution in [0.15, 0.2) is 33.8 Å². The maximum atomic E-state index is 14.1. The number of oxime groups is 1. The van der Waals surface area contributed by atoms with E-state index in [1.165, 1.54) is 12.1 Å². The molecule has 0 bridgehead atoms. The summed E-state index contributed by atoms with van der Waals surface area (Å²) in [6.07, 6.45) is -5.46. The lowest BCUT2D eigenvalue weighted by Gasteiger charge is -2.29. The summed E-state index contributed by atoms with van der Waals surface area (Å²) >= 11 is 13.5. The fraction of sp³-hybridized carbons (Fsp3) is 0.368. The molecule has 5 nitrogen and oxygen atoms in total. The first-order chi connectivity index (χ1) is 14.1. The van der Waals surface area contributed by atoms with Crippen LogP contribution < -0.4 is 5.32 Å². The highest BCUT2D eigenvalue weighted by atomic mass is 35.5. The Morgan fingerprint density at radius 2 is 1.90 bits per heavy atom. The summed E-state index contributed by atoms with van der Waals surface area (Å²) in [7, 11) is 0. The number of rotatable bonds is 4. The van der Waals surface area contributed by atoms with Gasteiger partial charge in [-0.1, -0.05) is 28.4 Å². The van der Waals surface area contributed by atoms with E-state index < -0.39 is 18.2 Å². The molecule has 160 valence electrons. The number of halogens is 5. The lowest BCUT2D eigenvalue weighted by Crippen LogP contribution is -2.43. The van der Waals surface area contributed by atoms with Crippen LogP contribution in [0.5, 0.6) is 0 Å². The Hall–Kier alpha value is -1.84. The van der Waals surface area contributed by atoms with Gasteiger partial charge in [-0.15, -0.1) is 0 Å². The van der Waals surface area contributed by atoms with Gasteiger partial charge in [0.25, 0.3) is 11.5 Å². The van der Waals surface area contributed by atoms with Crippen LogP contribution in [-0.4, -0.2) is 35.3 Å². The predicted molar refractivity (Wildman–Crippen MR) is 108 cm³/mol. The summed E-state index contributed by atoms with van der Waals surface area (Å²) in [5.74, 6) is 1.64. The highest BCUT2D eigenvalue weighted by Crippen LogP contribution is 2.49. The molecule has 1 N–H and O–H groups in total. The Morgan fingerprint density at radius 1 is 1.23 bits per heavy atom. The smallest absolute Gasteiger partial charge is 0.435 e. The number of nitrogens with one attached hydrogen (secondary N) is 1. The SMILES string of the molecule is Cc1oc(C2=NOC(c3cc(Cl)cc(Cl)c3)(C(F)(F)F)C2)cc1C(=O)NC1CSC1. The second kappa shape index (κ2) is 7.69. The summed E-state index contributed by atoms with van der Waals surface area (Å²) in [5, 5.41) is 6.59. The number of carbonyl (C=O) groups excluding carboxylic acids is 1. The molecule has 1 saturated heterocycles. The molecular formula is C19H15Cl2F3N2O3S. The van der Waals surface area contributed by atoms with E-state index in [9.17, 15) is 18.0 Å². The van der Waals surface area contributed by atoms with Crippen molar-refractivity contribution < 1.29 is 27.2 Å². The zero-order valence-corrected chi connectivity index (χ0v) is 17.8. The van der Waals surface area contributed by atoms with Gasteiger partial charge in [0.15, 0.2) is 5.76 Å². The molecule has 1 fully saturated rings. The molecule has 0 radical (unpaired) electrons. The zero-order chi connectivity index (χ0) is 21.7. The Kier molecular flexibility index (Phi) is 5.48. The number of benzene rings is 1. The van der Waals surface area contributed by atoms with E-state index in [1.807, 2.05) is 0 Å². The lowest BCUT2D eigenvalue weighted by atomic mass is 9.87. The maximum absolute atomic E-state index is 14.1. The normalized spacial score (nSPS) is 21.7. The van der Waals surface area contributed by atoms with Crippen LogP contribution in [0, 0.1) is 6.92 Å². The highest BCUT2D eigenvalue weighted by Gasteiger charge is 2.62. The van der Waals surface area contributed by atoms with Crippen molar-refractivity contribution in [3.05, 3.63) is 57.0 Å². The van der Waals surface area contributed by atoms with E-state index in [0.717, 1.165) is 23.6 Å². The number of hydrogen-bond donors (Lipinski definition) is 1. The molecule has 1 unspecified atom stereocenters. The second-order valence-corrected chi connectivity index (χ2v) is 9.03. The van der Waals surface area contributed by atoms with Crippen LogP contribution in [0.4, 0.5) is 13.2 Å². The Morgan fingerprint density at radius 3 is 2.47 bits per heavy atom. The number of aryl methyl sites for hydroxylation is 1. The van der Waals surface area contributed by atoms with E-state index in [2.05, 4.69) is 10.5 Å². The van der Waals surface area contributed by atoms with Crippen molar-refractivity contribution >= 4 is 46.6 Å². The van der Waals surface area contributed by atoms with Crippen LogP contribution in [-0.2, 0) is 10.4 Å². The quantitative estimate of drug-likeness (QED) is 0.645. The molecular weight excluding hydrogens is 464 g/mol. The van der Waals surface area contributed by atoms with Crippen LogP contribution >= 0.6 is 35.0 Å². The van der Waals surface area contributed by atoms with Crippen molar-refractivity contribution in [2.45, 2.75) is 31.2 Å². The van der Waals surface area contributed by atoms with Gasteiger partial charge < -0.3 is 14.6 Å². The number of nitrogens with zero attached hydrogens (tertiary/aromatic N) is 1. The highest BCUT2D eigenvalue weighted by molar-refractivity contribution is 8.00. The third-order valence-electron chi connectivity index (χ3n) is 4.93. The topological polar surface area (TPSA) is 63.8 Å². The third kappa shape index (κ3) is 3.78. The molecule has 30 heavy (non-hydrogen) atoms. The molecule has 2 aliphatic rings. The zero-order valence-electron chi connectivity index (χ0n) is 15.5. The van der Waals surface area contributed by atoms with Crippen molar-refractivity contribution in [3.63, 3.8) is 0 Å². The van der Waals surface area contributed by atoms with Crippen LogP contribution in [0.1, 0.15) is 33.9 Å². The van der Waals surface area contributed by atoms with E-state index in [1.54, 1.807) is 18.7 Å². The molecule has 4 rings (SSSR count). The average Bonchev–Trinajstić information content (AvgIpc) is 3.21. The fourth-order valence-electron chi connectivity index (χ4n) is 3.25. The standard InChI is InChI=1S/C19H15Cl2F3N2O3S/c1-9-14(17(27)25-13-7-30-8-13)5-16(28-9)15-6-18(29-26-15,19(22,23)24)10-2-11(20)4-12(21)3-10/h2-5,13H,6-8H2,1H3,(H,25,27). The van der Waals surface area contributed by atoms with Gasteiger partial charge in [-0.25, -0.2) is 0 Å². The number of carbonyl (C=O) groups is 1. The Bertz CT molecular complexity index is 1020. The van der Waals surface area contributed by atoms with Crippen molar-refractivity contribution in [2.24, 2.45) is 5.16 Å². The van der Waals surface area contributed by atoms with Gasteiger partial charge in [0.1, 0.15) is 11.5 Å². The molecule has 0 aliphatic carbocycles. The molecule has 0 saturated carbocycles. The van der Waals surface area contributed by atoms with Crippen molar-refractivity contribution in [1.82, 2.24) is 5.32 Å². The van der Waals surface area contributed by atoms with E-state index >= 15 is 0 Å². The van der Waals surface area contributed by atoms with Gasteiger partial charge in [0.2, 0.25) is 0 Å². The molecule has 11 heteroatoms. The summed E-state index contributed by atoms with van der Waals surface area (Å²) in [4.78, 5) is 17.4. The van der Waals surface area contributed by atoms with Gasteiger partial charge >= 0.3 is 6.18 Å². The first-order valence-corrected chi connectivity index (χ1v) is 10.8. The summed E-state index contributed by atoms with van der Waals surface area (Å²) in [6.45, 7) is 1.57. The van der Waals surface area contributed by atoms with Gasteiger partial charge in [-0.3, -0.25) is 4.79 Å². The van der Waals surface area contributed by atoms with Crippen molar-refractivity contribution in [3.8, 4) is 0 Å². The Labute approximate surface area is 183 Å². The minimum atomic E-state index is -4.81. The molecule has 1 amide bonds. The van der Waals surface area contributed by atoms with Crippen LogP contribution in [0.25, 0.3) is 0 Å². The van der Waals surface area contributed by atoms with E-state index in [0.29, 0.717) is 0 Å². The average molecular weight is 479 g/mol. The van der Waals surface area contributed by atoms with Gasteiger partial charge in [-0.2, -0.15) is 24.9 Å². The molecule has 3 heterocycles. The van der Waals surface area contributed by atoms with E-state index in [-0.39, 0.29) is 50.4 Å². The molecule has 0 spiro atoms. The number of thioether (sulfide) groups is 1. The van der Waals surface area contributed by atoms with Gasteiger partial charge in [-0.05, 0) is 31.2 Å². The number of furan rings is 1. The molecule has 1 atom stereocenters. The Balaban J connectivity index is 1.63. The summed E-state index contributed by atoms with van der Waals surface area (Å²) in [6, 6.07) is 5.08. The molecule has 1 aromatic carbocycles. The largest absolute Gasteiger partial charge is 0.459 e. The van der Waals surface area contributed by atoms with Gasteiger partial charge in [0, 0.05) is 33.2 Å². The second-order valence-electron chi connectivity index (χ2n) is 7.08. The van der Waals surface area contributed by atoms with Crippen LogP contribution in [0.2, 0.25) is 10.0 Å². The summed E-state index contributed by atoms with van der Waals surface area (Å²) < 4.78 is 47.8. The minimum Gasteiger partial charge on any atom is -0.459 e. The minimum absolute atomic E-state index is 0.0416. The van der Waals surface area contributed by atoms with Crippen LogP contribution in [0.3, 0.4) is 0 Å². The summed E-state index contributed by atoms with van der Waals surface area (Å²) in [5.41, 5.74) is -2.84. The number of amides is 1. The van der Waals surface area contributed by atoms with Gasteiger partial charge in [0.05, 0.1) is 12.0 Å². The molecule has 2 aromatic rings. The lowest BCUT2D eigenvalue weighted by molar-refractivity contribution is -0.275.